The van der Waals surface area contributed by atoms with Gasteiger partial charge >= 0.3 is 6.18 Å². The minimum atomic E-state index is -4.98. The van der Waals surface area contributed by atoms with Gasteiger partial charge in [-0.3, -0.25) is 9.59 Å². The van der Waals surface area contributed by atoms with Gasteiger partial charge in [-0.25, -0.2) is 9.67 Å². The first kappa shape index (κ1) is 23.4. The van der Waals surface area contributed by atoms with E-state index in [1.807, 2.05) is 6.07 Å². The number of fused-ring (bicyclic) bond motifs is 1. The largest absolute Gasteiger partial charge is 0.434 e. The van der Waals surface area contributed by atoms with Crippen molar-refractivity contribution in [3.05, 3.63) is 88.0 Å². The molecular formula is C23H14F3N9O2. The quantitative estimate of drug-likeness (QED) is 0.381. The number of carbonyl (C=O) groups excluding carboxylic acids is 1. The summed E-state index contributed by atoms with van der Waals surface area (Å²) in [5.41, 5.74) is -2.38. The molecule has 14 heteroatoms. The molecule has 4 aromatic heterocycles. The predicted molar refractivity (Wildman–Crippen MR) is 123 cm³/mol. The number of H-pyrrole nitrogens is 1. The highest BCUT2D eigenvalue weighted by molar-refractivity contribution is 6.05. The Bertz CT molecular complexity index is 1760. The highest BCUT2D eigenvalue weighted by Crippen LogP contribution is 2.35. The van der Waals surface area contributed by atoms with E-state index in [9.17, 15) is 28.0 Å². The van der Waals surface area contributed by atoms with Crippen LogP contribution in [0.5, 0.6) is 0 Å². The number of rotatable bonds is 4. The van der Waals surface area contributed by atoms with E-state index in [0.29, 0.717) is 4.68 Å². The summed E-state index contributed by atoms with van der Waals surface area (Å²) in [5, 5.41) is 23.9. The Morgan fingerprint density at radius 1 is 1.14 bits per heavy atom. The van der Waals surface area contributed by atoms with Crippen LogP contribution in [0.1, 0.15) is 27.3 Å². The van der Waals surface area contributed by atoms with Gasteiger partial charge in [-0.05, 0) is 31.2 Å². The number of nitriles is 1. The van der Waals surface area contributed by atoms with Crippen LogP contribution < -0.4 is 10.9 Å². The van der Waals surface area contributed by atoms with Crippen molar-refractivity contribution in [1.29, 1.82) is 5.26 Å². The van der Waals surface area contributed by atoms with Gasteiger partial charge in [-0.2, -0.15) is 33.7 Å². The molecule has 37 heavy (non-hydrogen) atoms. The fourth-order valence-corrected chi connectivity index (χ4v) is 3.83. The van der Waals surface area contributed by atoms with Crippen molar-refractivity contribution in [2.24, 2.45) is 0 Å². The molecule has 4 heterocycles. The van der Waals surface area contributed by atoms with Gasteiger partial charge in [0.05, 0.1) is 41.2 Å². The molecule has 184 valence electrons. The van der Waals surface area contributed by atoms with Crippen molar-refractivity contribution >= 4 is 22.4 Å². The number of anilines is 1. The summed E-state index contributed by atoms with van der Waals surface area (Å²) >= 11 is 0. The Labute approximate surface area is 204 Å². The number of aromatic nitrogens is 7. The van der Waals surface area contributed by atoms with Crippen molar-refractivity contribution in [2.45, 2.75) is 13.1 Å². The maximum Gasteiger partial charge on any atom is 0.434 e. The Hall–Kier alpha value is -5.32. The van der Waals surface area contributed by atoms with Crippen molar-refractivity contribution in [3.63, 3.8) is 0 Å². The molecule has 0 radical (unpaired) electrons. The number of carbonyl (C=O) groups is 1. The summed E-state index contributed by atoms with van der Waals surface area (Å²) in [6, 6.07) is 8.87. The molecule has 2 N–H and O–H groups in total. The first-order valence-electron chi connectivity index (χ1n) is 10.5. The Kier molecular flexibility index (Phi) is 5.52. The van der Waals surface area contributed by atoms with Gasteiger partial charge in [0.25, 0.3) is 11.5 Å². The number of alkyl halides is 3. The predicted octanol–water partition coefficient (Wildman–Crippen LogP) is 3.14. The molecule has 0 aliphatic heterocycles. The lowest BCUT2D eigenvalue weighted by atomic mass is 10.1. The third-order valence-corrected chi connectivity index (χ3v) is 5.47. The van der Waals surface area contributed by atoms with Gasteiger partial charge < -0.3 is 10.3 Å². The van der Waals surface area contributed by atoms with Gasteiger partial charge in [0.15, 0.2) is 11.5 Å². The van der Waals surface area contributed by atoms with Crippen LogP contribution in [0, 0.1) is 18.3 Å². The van der Waals surface area contributed by atoms with Crippen molar-refractivity contribution in [2.75, 3.05) is 5.32 Å². The molecule has 0 atom stereocenters. The van der Waals surface area contributed by atoms with Crippen LogP contribution in [-0.4, -0.2) is 40.6 Å². The van der Waals surface area contributed by atoms with Crippen LogP contribution in [0.2, 0.25) is 0 Å². The van der Waals surface area contributed by atoms with E-state index in [-0.39, 0.29) is 39.2 Å². The van der Waals surface area contributed by atoms with Crippen LogP contribution in [0.15, 0.2) is 59.9 Å². The van der Waals surface area contributed by atoms with Gasteiger partial charge in [0, 0.05) is 17.0 Å². The SMILES string of the molecule is Cc1nc(-n2nccn2)c(C#N)cc1NC(=O)c1cnn(-c2cccc3c(=O)[nH]ccc23)c1C(F)(F)F. The summed E-state index contributed by atoms with van der Waals surface area (Å²) < 4.78 is 43.3. The molecule has 0 bridgehead atoms. The first-order valence-corrected chi connectivity index (χ1v) is 10.5. The molecule has 11 nitrogen and oxygen atoms in total. The zero-order chi connectivity index (χ0) is 26.3. The first-order chi connectivity index (χ1) is 17.7. The lowest BCUT2D eigenvalue weighted by Gasteiger charge is -2.15. The smallest absolute Gasteiger partial charge is 0.329 e. The molecule has 5 aromatic rings. The number of halogens is 3. The zero-order valence-electron chi connectivity index (χ0n) is 18.8. The zero-order valence-corrected chi connectivity index (χ0v) is 18.8. The number of nitrogens with one attached hydrogen (secondary N) is 2. The number of pyridine rings is 2. The molecular weight excluding hydrogens is 491 g/mol. The summed E-state index contributed by atoms with van der Waals surface area (Å²) in [5.74, 6) is -1.02. The van der Waals surface area contributed by atoms with E-state index in [0.717, 1.165) is 11.0 Å². The van der Waals surface area contributed by atoms with Gasteiger partial charge in [0.1, 0.15) is 11.6 Å². The number of aryl methyl sites for hydroxylation is 1. The van der Waals surface area contributed by atoms with E-state index >= 15 is 0 Å². The Balaban J connectivity index is 1.59. The molecule has 0 spiro atoms. The molecule has 0 saturated heterocycles. The highest BCUT2D eigenvalue weighted by Gasteiger charge is 2.41. The third-order valence-electron chi connectivity index (χ3n) is 5.47. The van der Waals surface area contributed by atoms with Crippen LogP contribution in [0.4, 0.5) is 18.9 Å². The number of hydrogen-bond donors (Lipinski definition) is 2. The van der Waals surface area contributed by atoms with Crippen LogP contribution >= 0.6 is 0 Å². The number of nitrogens with zero attached hydrogens (tertiary/aromatic N) is 7. The van der Waals surface area contributed by atoms with E-state index in [2.05, 4.69) is 30.6 Å². The highest BCUT2D eigenvalue weighted by atomic mass is 19.4. The van der Waals surface area contributed by atoms with E-state index in [1.54, 1.807) is 0 Å². The minimum Gasteiger partial charge on any atom is -0.329 e. The van der Waals surface area contributed by atoms with Crippen LogP contribution in [0.3, 0.4) is 0 Å². The maximum absolute atomic E-state index is 14.2. The third kappa shape index (κ3) is 4.08. The van der Waals surface area contributed by atoms with E-state index in [1.165, 1.54) is 55.8 Å². The molecule has 0 fully saturated rings. The second kappa shape index (κ2) is 8.72. The van der Waals surface area contributed by atoms with Crippen molar-refractivity contribution in [3.8, 4) is 17.6 Å². The lowest BCUT2D eigenvalue weighted by Crippen LogP contribution is -2.21. The van der Waals surface area contributed by atoms with Gasteiger partial charge in [0.2, 0.25) is 0 Å². The maximum atomic E-state index is 14.2. The Morgan fingerprint density at radius 2 is 1.89 bits per heavy atom. The number of hydrogen-bond acceptors (Lipinski definition) is 7. The van der Waals surface area contributed by atoms with Gasteiger partial charge in [-0.1, -0.05) is 6.07 Å². The summed E-state index contributed by atoms with van der Waals surface area (Å²) in [4.78, 5) is 33.0. The molecule has 0 aliphatic rings. The topological polar surface area (TPSA) is 147 Å². The Morgan fingerprint density at radius 3 is 2.59 bits per heavy atom. The normalized spacial score (nSPS) is 11.4. The molecule has 0 unspecified atom stereocenters. The second-order valence-corrected chi connectivity index (χ2v) is 7.74. The second-order valence-electron chi connectivity index (χ2n) is 7.74. The standard InChI is InChI=1S/C23H14F3N9O2/c1-12-17(9-13(10-27)20(32-12)35-29-7-8-30-35)33-22(37)16-11-31-34(19(16)23(24,25)26)18-4-2-3-15-14(18)5-6-28-21(15)36/h2-9,11H,1H3,(H,28,36)(H,33,37). The van der Waals surface area contributed by atoms with E-state index < -0.39 is 28.9 Å². The molecule has 1 aromatic carbocycles. The summed E-state index contributed by atoms with van der Waals surface area (Å²) in [6.45, 7) is 1.51. The number of benzene rings is 1. The summed E-state index contributed by atoms with van der Waals surface area (Å²) in [6.07, 6.45) is -0.108. The van der Waals surface area contributed by atoms with Crippen molar-refractivity contribution in [1.82, 2.24) is 34.7 Å². The molecule has 1 amide bonds. The van der Waals surface area contributed by atoms with Gasteiger partial charge in [-0.15, -0.1) is 4.80 Å². The van der Waals surface area contributed by atoms with Crippen LogP contribution in [0.25, 0.3) is 22.3 Å². The average molecular weight is 505 g/mol. The molecule has 0 saturated carbocycles. The van der Waals surface area contributed by atoms with Crippen LogP contribution in [-0.2, 0) is 6.18 Å². The summed E-state index contributed by atoms with van der Waals surface area (Å²) in [7, 11) is 0. The minimum absolute atomic E-state index is 0.00943. The average Bonchev–Trinajstić information content (AvgIpc) is 3.55. The monoisotopic (exact) mass is 505 g/mol. The number of amides is 1. The molecule has 5 rings (SSSR count). The molecule has 0 aliphatic carbocycles. The van der Waals surface area contributed by atoms with Crippen molar-refractivity contribution < 1.29 is 18.0 Å². The fourth-order valence-electron chi connectivity index (χ4n) is 3.83. The fraction of sp³-hybridized carbons (Fsp3) is 0.0870. The lowest BCUT2D eigenvalue weighted by molar-refractivity contribution is -0.143. The number of aromatic amines is 1. The van der Waals surface area contributed by atoms with E-state index in [4.69, 9.17) is 0 Å².